The van der Waals surface area contributed by atoms with Gasteiger partial charge in [0.15, 0.2) is 6.10 Å². The number of carbonyl (C=O) groups excluding carboxylic acids is 1. The minimum Gasteiger partial charge on any atom is -0.479 e. The lowest BCUT2D eigenvalue weighted by molar-refractivity contribution is -0.146. The first-order valence-electron chi connectivity index (χ1n) is 7.13. The van der Waals surface area contributed by atoms with Crippen LogP contribution < -0.4 is 5.32 Å². The third-order valence-electron chi connectivity index (χ3n) is 3.79. The van der Waals surface area contributed by atoms with Gasteiger partial charge in [-0.05, 0) is 13.3 Å². The first-order valence-corrected chi connectivity index (χ1v) is 7.13. The number of amides is 2. The number of piperazine rings is 1. The van der Waals surface area contributed by atoms with Crippen LogP contribution in [0.15, 0.2) is 0 Å². The van der Waals surface area contributed by atoms with Gasteiger partial charge in [-0.3, -0.25) is 4.90 Å². The molecule has 2 atom stereocenters. The SMILES string of the molecule is CCC(C)N1CCN(C(=O)NCC[C@H](O)C(=O)O)CC1. The highest BCUT2D eigenvalue weighted by Gasteiger charge is 2.23. The van der Waals surface area contributed by atoms with E-state index in [9.17, 15) is 9.59 Å². The van der Waals surface area contributed by atoms with Crippen molar-refractivity contribution in [3.8, 4) is 0 Å². The molecule has 0 saturated carbocycles. The van der Waals surface area contributed by atoms with Gasteiger partial charge in [0.05, 0.1) is 0 Å². The lowest BCUT2D eigenvalue weighted by atomic mass is 10.2. The Bertz CT molecular complexity index is 330. The molecule has 1 fully saturated rings. The molecule has 0 aromatic carbocycles. The third kappa shape index (κ3) is 4.97. The second kappa shape index (κ2) is 8.06. The molecule has 1 aliphatic rings. The number of aliphatic hydroxyl groups excluding tert-OH is 1. The summed E-state index contributed by atoms with van der Waals surface area (Å²) in [6, 6.07) is 0.345. The fraction of sp³-hybridized carbons (Fsp3) is 0.846. The van der Waals surface area contributed by atoms with Crippen molar-refractivity contribution in [1.29, 1.82) is 0 Å². The topological polar surface area (TPSA) is 93.1 Å². The number of carbonyl (C=O) groups is 2. The molecule has 0 bridgehead atoms. The maximum Gasteiger partial charge on any atom is 0.332 e. The lowest BCUT2D eigenvalue weighted by Gasteiger charge is -2.37. The molecule has 3 N–H and O–H groups in total. The first-order chi connectivity index (χ1) is 9.45. The number of hydrogen-bond acceptors (Lipinski definition) is 4. The van der Waals surface area contributed by atoms with Crippen molar-refractivity contribution in [2.45, 2.75) is 38.8 Å². The Kier molecular flexibility index (Phi) is 6.74. The third-order valence-corrected chi connectivity index (χ3v) is 3.79. The van der Waals surface area contributed by atoms with Gasteiger partial charge in [0.1, 0.15) is 0 Å². The number of carboxylic acid groups (broad SMARTS) is 1. The summed E-state index contributed by atoms with van der Waals surface area (Å²) in [5.41, 5.74) is 0. The summed E-state index contributed by atoms with van der Waals surface area (Å²) in [4.78, 5) is 26.4. The Morgan fingerprint density at radius 1 is 1.25 bits per heavy atom. The molecule has 7 nitrogen and oxygen atoms in total. The fourth-order valence-electron chi connectivity index (χ4n) is 2.18. The lowest BCUT2D eigenvalue weighted by Crippen LogP contribution is -2.53. The smallest absolute Gasteiger partial charge is 0.332 e. The molecule has 20 heavy (non-hydrogen) atoms. The van der Waals surface area contributed by atoms with Crippen LogP contribution in [0.1, 0.15) is 26.7 Å². The van der Waals surface area contributed by atoms with E-state index in [4.69, 9.17) is 10.2 Å². The molecule has 0 aliphatic carbocycles. The van der Waals surface area contributed by atoms with Gasteiger partial charge in [-0.2, -0.15) is 0 Å². The second-order valence-electron chi connectivity index (χ2n) is 5.15. The summed E-state index contributed by atoms with van der Waals surface area (Å²) < 4.78 is 0. The van der Waals surface area contributed by atoms with Crippen LogP contribution in [-0.2, 0) is 4.79 Å². The van der Waals surface area contributed by atoms with Gasteiger partial charge in [0.25, 0.3) is 0 Å². The average Bonchev–Trinajstić information content (AvgIpc) is 2.46. The van der Waals surface area contributed by atoms with Crippen molar-refractivity contribution in [3.63, 3.8) is 0 Å². The van der Waals surface area contributed by atoms with E-state index in [-0.39, 0.29) is 19.0 Å². The molecular weight excluding hydrogens is 262 g/mol. The number of urea groups is 1. The van der Waals surface area contributed by atoms with Gasteiger partial charge in [-0.15, -0.1) is 0 Å². The van der Waals surface area contributed by atoms with Crippen molar-refractivity contribution in [2.24, 2.45) is 0 Å². The monoisotopic (exact) mass is 287 g/mol. The molecular formula is C13H25N3O4. The number of aliphatic hydroxyl groups is 1. The van der Waals surface area contributed by atoms with Crippen LogP contribution in [0.4, 0.5) is 4.79 Å². The molecule has 0 radical (unpaired) electrons. The van der Waals surface area contributed by atoms with Crippen molar-refractivity contribution in [2.75, 3.05) is 32.7 Å². The minimum atomic E-state index is -1.42. The van der Waals surface area contributed by atoms with Crippen molar-refractivity contribution < 1.29 is 19.8 Å². The van der Waals surface area contributed by atoms with E-state index < -0.39 is 12.1 Å². The van der Waals surface area contributed by atoms with Crippen LogP contribution in [0.25, 0.3) is 0 Å². The van der Waals surface area contributed by atoms with Gasteiger partial charge in [-0.25, -0.2) is 9.59 Å². The molecule has 2 amide bonds. The number of nitrogens with one attached hydrogen (secondary N) is 1. The fourth-order valence-corrected chi connectivity index (χ4v) is 2.18. The Hall–Kier alpha value is -1.34. The van der Waals surface area contributed by atoms with Crippen molar-refractivity contribution in [3.05, 3.63) is 0 Å². The Morgan fingerprint density at radius 3 is 2.35 bits per heavy atom. The highest BCUT2D eigenvalue weighted by molar-refractivity contribution is 5.74. The van der Waals surface area contributed by atoms with E-state index in [1.807, 2.05) is 0 Å². The van der Waals surface area contributed by atoms with E-state index in [2.05, 4.69) is 24.1 Å². The van der Waals surface area contributed by atoms with Gasteiger partial charge >= 0.3 is 12.0 Å². The molecule has 0 aromatic rings. The Balaban J connectivity index is 2.24. The highest BCUT2D eigenvalue weighted by Crippen LogP contribution is 2.08. The summed E-state index contributed by atoms with van der Waals surface area (Å²) in [6.45, 7) is 7.58. The number of nitrogens with zero attached hydrogens (tertiary/aromatic N) is 2. The van der Waals surface area contributed by atoms with Crippen LogP contribution in [0.2, 0.25) is 0 Å². The van der Waals surface area contributed by atoms with Gasteiger partial charge < -0.3 is 20.4 Å². The molecule has 0 aromatic heterocycles. The largest absolute Gasteiger partial charge is 0.479 e. The van der Waals surface area contributed by atoms with E-state index >= 15 is 0 Å². The van der Waals surface area contributed by atoms with Crippen LogP contribution >= 0.6 is 0 Å². The summed E-state index contributed by atoms with van der Waals surface area (Å²) in [6.07, 6.45) is -0.301. The minimum absolute atomic E-state index is 0.0217. The second-order valence-corrected chi connectivity index (χ2v) is 5.15. The number of aliphatic carboxylic acids is 1. The molecule has 1 aliphatic heterocycles. The molecule has 116 valence electrons. The maximum absolute atomic E-state index is 11.9. The molecule has 0 spiro atoms. The van der Waals surface area contributed by atoms with E-state index in [0.717, 1.165) is 19.5 Å². The van der Waals surface area contributed by atoms with Crippen molar-refractivity contribution >= 4 is 12.0 Å². The highest BCUT2D eigenvalue weighted by atomic mass is 16.4. The Labute approximate surface area is 119 Å². The summed E-state index contributed by atoms with van der Waals surface area (Å²) in [5, 5.41) is 20.3. The maximum atomic E-state index is 11.9. The van der Waals surface area contributed by atoms with Gasteiger partial charge in [0, 0.05) is 45.2 Å². The molecule has 7 heteroatoms. The predicted octanol–water partition coefficient (Wildman–Crippen LogP) is -0.0523. The molecule has 1 saturated heterocycles. The molecule has 1 rings (SSSR count). The number of hydrogen-bond donors (Lipinski definition) is 3. The van der Waals surface area contributed by atoms with Crippen molar-refractivity contribution in [1.82, 2.24) is 15.1 Å². The predicted molar refractivity (Wildman–Crippen MR) is 74.6 cm³/mol. The van der Waals surface area contributed by atoms with Crippen LogP contribution in [-0.4, -0.2) is 76.9 Å². The van der Waals surface area contributed by atoms with Crippen LogP contribution in [0.5, 0.6) is 0 Å². The number of carboxylic acids is 1. The average molecular weight is 287 g/mol. The quantitative estimate of drug-likeness (QED) is 0.637. The normalized spacial score (nSPS) is 19.4. The zero-order valence-electron chi connectivity index (χ0n) is 12.2. The first kappa shape index (κ1) is 16.7. The zero-order valence-corrected chi connectivity index (χ0v) is 12.2. The standard InChI is InChI=1S/C13H25N3O4/c1-3-10(2)15-6-8-16(9-7-15)13(20)14-5-4-11(17)12(18)19/h10-11,17H,3-9H2,1-2H3,(H,14,20)(H,18,19)/t10?,11-/m0/s1. The summed E-state index contributed by atoms with van der Waals surface area (Å²) >= 11 is 0. The summed E-state index contributed by atoms with van der Waals surface area (Å²) in [5.74, 6) is -1.26. The van der Waals surface area contributed by atoms with E-state index in [1.54, 1.807) is 4.90 Å². The van der Waals surface area contributed by atoms with Gasteiger partial charge in [-0.1, -0.05) is 6.92 Å². The van der Waals surface area contributed by atoms with E-state index in [0.29, 0.717) is 19.1 Å². The summed E-state index contributed by atoms with van der Waals surface area (Å²) in [7, 11) is 0. The van der Waals surface area contributed by atoms with Crippen LogP contribution in [0, 0.1) is 0 Å². The Morgan fingerprint density at radius 2 is 1.85 bits per heavy atom. The van der Waals surface area contributed by atoms with Crippen LogP contribution in [0.3, 0.4) is 0 Å². The number of rotatable bonds is 6. The zero-order chi connectivity index (χ0) is 15.1. The molecule has 1 unspecified atom stereocenters. The van der Waals surface area contributed by atoms with E-state index in [1.165, 1.54) is 0 Å². The van der Waals surface area contributed by atoms with Gasteiger partial charge in [0.2, 0.25) is 0 Å². The molecule has 1 heterocycles.